The van der Waals surface area contributed by atoms with E-state index in [1.54, 1.807) is 7.11 Å². The van der Waals surface area contributed by atoms with E-state index < -0.39 is 0 Å². The van der Waals surface area contributed by atoms with Crippen LogP contribution in [0.5, 0.6) is 5.75 Å². The van der Waals surface area contributed by atoms with Gasteiger partial charge in [0, 0.05) is 30.4 Å². The Hall–Kier alpha value is -3.27. The van der Waals surface area contributed by atoms with Crippen LogP contribution in [-0.2, 0) is 6.42 Å². The molecule has 30 heavy (non-hydrogen) atoms. The quantitative estimate of drug-likeness (QED) is 0.653. The number of carbonyl (C=O) groups is 1. The molecule has 3 aromatic rings. The first-order chi connectivity index (χ1) is 14.7. The van der Waals surface area contributed by atoms with Crippen LogP contribution in [0.15, 0.2) is 78.9 Å². The van der Waals surface area contributed by atoms with E-state index in [1.807, 2.05) is 54.6 Å². The van der Waals surface area contributed by atoms with Crippen molar-refractivity contribution < 1.29 is 9.53 Å². The zero-order valence-corrected chi connectivity index (χ0v) is 17.4. The van der Waals surface area contributed by atoms with Crippen molar-refractivity contribution in [3.8, 4) is 5.75 Å². The molecule has 1 heterocycles. The van der Waals surface area contributed by atoms with Gasteiger partial charge in [0.15, 0.2) is 0 Å². The number of amides is 1. The van der Waals surface area contributed by atoms with Crippen LogP contribution < -0.4 is 15.0 Å². The van der Waals surface area contributed by atoms with Crippen molar-refractivity contribution in [2.24, 2.45) is 0 Å². The Morgan fingerprint density at radius 1 is 0.933 bits per heavy atom. The van der Waals surface area contributed by atoms with Crippen LogP contribution in [0.3, 0.4) is 0 Å². The topological polar surface area (TPSA) is 41.6 Å². The molecule has 0 bridgehead atoms. The maximum atomic E-state index is 13.0. The number of rotatable bonds is 6. The standard InChI is InChI=1S/C26H28N2O2/c1-30-24-13-11-23(12-14-24)28-17-15-22(16-18-28)27-26(29)25-10-6-5-9-21(25)19-20-7-3-2-4-8-20/h2-14,22H,15-19H2,1H3,(H,27,29). The summed E-state index contributed by atoms with van der Waals surface area (Å²) in [6.07, 6.45) is 2.65. The highest BCUT2D eigenvalue weighted by Gasteiger charge is 2.22. The average Bonchev–Trinajstić information content (AvgIpc) is 2.81. The molecule has 0 aromatic heterocycles. The molecule has 3 aromatic carbocycles. The van der Waals surface area contributed by atoms with Crippen LogP contribution in [0.25, 0.3) is 0 Å². The Labute approximate surface area is 178 Å². The van der Waals surface area contributed by atoms with Gasteiger partial charge in [0.2, 0.25) is 0 Å². The van der Waals surface area contributed by atoms with E-state index in [1.165, 1.54) is 11.3 Å². The summed E-state index contributed by atoms with van der Waals surface area (Å²) in [6.45, 7) is 1.87. The summed E-state index contributed by atoms with van der Waals surface area (Å²) in [6, 6.07) is 26.6. The molecule has 0 atom stereocenters. The fourth-order valence-electron chi connectivity index (χ4n) is 4.05. The number of methoxy groups -OCH3 is 1. The Kier molecular flexibility index (Phi) is 6.33. The summed E-state index contributed by atoms with van der Waals surface area (Å²) < 4.78 is 5.24. The molecule has 0 saturated carbocycles. The predicted octanol–water partition coefficient (Wildman–Crippen LogP) is 4.68. The van der Waals surface area contributed by atoms with Gasteiger partial charge in [-0.05, 0) is 60.7 Å². The molecule has 4 nitrogen and oxygen atoms in total. The number of benzene rings is 3. The van der Waals surface area contributed by atoms with E-state index in [2.05, 4.69) is 34.5 Å². The van der Waals surface area contributed by atoms with E-state index in [0.717, 1.165) is 49.2 Å². The molecule has 0 aliphatic carbocycles. The molecule has 1 saturated heterocycles. The normalized spacial score (nSPS) is 14.4. The van der Waals surface area contributed by atoms with Gasteiger partial charge in [0.05, 0.1) is 7.11 Å². The lowest BCUT2D eigenvalue weighted by atomic mass is 9.98. The van der Waals surface area contributed by atoms with Gasteiger partial charge < -0.3 is 15.0 Å². The third-order valence-corrected chi connectivity index (χ3v) is 5.77. The molecular formula is C26H28N2O2. The Morgan fingerprint density at radius 3 is 2.30 bits per heavy atom. The Balaban J connectivity index is 1.36. The van der Waals surface area contributed by atoms with Crippen LogP contribution in [0.4, 0.5) is 5.69 Å². The monoisotopic (exact) mass is 400 g/mol. The van der Waals surface area contributed by atoms with E-state index in [0.29, 0.717) is 0 Å². The van der Waals surface area contributed by atoms with Crippen molar-refractivity contribution in [2.75, 3.05) is 25.1 Å². The van der Waals surface area contributed by atoms with Crippen molar-refractivity contribution in [1.29, 1.82) is 0 Å². The molecule has 1 aliphatic heterocycles. The summed E-state index contributed by atoms with van der Waals surface area (Å²) in [7, 11) is 1.68. The van der Waals surface area contributed by atoms with E-state index >= 15 is 0 Å². The van der Waals surface area contributed by atoms with Crippen LogP contribution in [-0.4, -0.2) is 32.1 Å². The maximum absolute atomic E-state index is 13.0. The van der Waals surface area contributed by atoms with Crippen molar-refractivity contribution in [3.63, 3.8) is 0 Å². The van der Waals surface area contributed by atoms with Crippen molar-refractivity contribution in [1.82, 2.24) is 5.32 Å². The van der Waals surface area contributed by atoms with Crippen LogP contribution in [0, 0.1) is 0 Å². The first-order valence-corrected chi connectivity index (χ1v) is 10.5. The first kappa shape index (κ1) is 20.0. The highest BCUT2D eigenvalue weighted by molar-refractivity contribution is 5.96. The van der Waals surface area contributed by atoms with E-state index in [-0.39, 0.29) is 11.9 Å². The number of carbonyl (C=O) groups excluding carboxylic acids is 1. The van der Waals surface area contributed by atoms with Gasteiger partial charge in [-0.2, -0.15) is 0 Å². The van der Waals surface area contributed by atoms with Crippen LogP contribution in [0.2, 0.25) is 0 Å². The van der Waals surface area contributed by atoms with Gasteiger partial charge in [0.1, 0.15) is 5.75 Å². The second-order valence-electron chi connectivity index (χ2n) is 7.75. The molecule has 0 radical (unpaired) electrons. The molecule has 0 spiro atoms. The average molecular weight is 401 g/mol. The smallest absolute Gasteiger partial charge is 0.251 e. The summed E-state index contributed by atoms with van der Waals surface area (Å²) >= 11 is 0. The second kappa shape index (κ2) is 9.49. The van der Waals surface area contributed by atoms with Crippen LogP contribution in [0.1, 0.15) is 34.3 Å². The fraction of sp³-hybridized carbons (Fsp3) is 0.269. The number of hydrogen-bond donors (Lipinski definition) is 1. The minimum Gasteiger partial charge on any atom is -0.497 e. The van der Waals surface area contributed by atoms with E-state index in [9.17, 15) is 4.79 Å². The largest absolute Gasteiger partial charge is 0.497 e. The Morgan fingerprint density at radius 2 is 1.60 bits per heavy atom. The number of anilines is 1. The summed E-state index contributed by atoms with van der Waals surface area (Å²) in [5.41, 5.74) is 4.26. The van der Waals surface area contributed by atoms with Gasteiger partial charge in [-0.15, -0.1) is 0 Å². The maximum Gasteiger partial charge on any atom is 0.251 e. The number of nitrogens with one attached hydrogen (secondary N) is 1. The summed E-state index contributed by atoms with van der Waals surface area (Å²) in [4.78, 5) is 15.4. The highest BCUT2D eigenvalue weighted by atomic mass is 16.5. The first-order valence-electron chi connectivity index (χ1n) is 10.5. The lowest BCUT2D eigenvalue weighted by molar-refractivity contribution is 0.0930. The SMILES string of the molecule is COc1ccc(N2CCC(NC(=O)c3ccccc3Cc3ccccc3)CC2)cc1. The number of ether oxygens (including phenoxy) is 1. The number of hydrogen-bond acceptors (Lipinski definition) is 3. The predicted molar refractivity (Wildman–Crippen MR) is 121 cm³/mol. The molecule has 1 aliphatic rings. The lowest BCUT2D eigenvalue weighted by Gasteiger charge is -2.34. The van der Waals surface area contributed by atoms with E-state index in [4.69, 9.17) is 4.74 Å². The minimum atomic E-state index is 0.0319. The third-order valence-electron chi connectivity index (χ3n) is 5.77. The molecule has 4 heteroatoms. The molecular weight excluding hydrogens is 372 g/mol. The molecule has 154 valence electrons. The minimum absolute atomic E-state index is 0.0319. The molecule has 1 amide bonds. The van der Waals surface area contributed by atoms with Crippen molar-refractivity contribution in [3.05, 3.63) is 95.6 Å². The molecule has 0 unspecified atom stereocenters. The third kappa shape index (κ3) is 4.82. The van der Waals surface area contributed by atoms with Crippen molar-refractivity contribution >= 4 is 11.6 Å². The lowest BCUT2D eigenvalue weighted by Crippen LogP contribution is -2.44. The molecule has 1 fully saturated rings. The van der Waals surface area contributed by atoms with Gasteiger partial charge >= 0.3 is 0 Å². The van der Waals surface area contributed by atoms with Gasteiger partial charge in [-0.1, -0.05) is 48.5 Å². The molecule has 1 N–H and O–H groups in total. The Bertz CT molecular complexity index is 962. The zero-order valence-electron chi connectivity index (χ0n) is 17.4. The second-order valence-corrected chi connectivity index (χ2v) is 7.75. The van der Waals surface area contributed by atoms with Gasteiger partial charge in [-0.25, -0.2) is 0 Å². The molecule has 4 rings (SSSR count). The summed E-state index contributed by atoms with van der Waals surface area (Å²) in [5.74, 6) is 0.902. The summed E-state index contributed by atoms with van der Waals surface area (Å²) in [5, 5.41) is 3.27. The zero-order chi connectivity index (χ0) is 20.8. The number of piperidine rings is 1. The van der Waals surface area contributed by atoms with Gasteiger partial charge in [-0.3, -0.25) is 4.79 Å². The number of nitrogens with zero attached hydrogens (tertiary/aromatic N) is 1. The van der Waals surface area contributed by atoms with Crippen LogP contribution >= 0.6 is 0 Å². The van der Waals surface area contributed by atoms with Crippen molar-refractivity contribution in [2.45, 2.75) is 25.3 Å². The van der Waals surface area contributed by atoms with Gasteiger partial charge in [0.25, 0.3) is 5.91 Å². The highest BCUT2D eigenvalue weighted by Crippen LogP contribution is 2.23. The fourth-order valence-corrected chi connectivity index (χ4v) is 4.05.